The van der Waals surface area contributed by atoms with Crippen molar-refractivity contribution in [1.29, 1.82) is 0 Å². The first kappa shape index (κ1) is 19.1. The summed E-state index contributed by atoms with van der Waals surface area (Å²) >= 11 is 1.87. The lowest BCUT2D eigenvalue weighted by molar-refractivity contribution is 0.187. The summed E-state index contributed by atoms with van der Waals surface area (Å²) < 4.78 is 0. The highest BCUT2D eigenvalue weighted by atomic mass is 32.2. The number of hydrogen-bond acceptors (Lipinski definition) is 3. The Hall–Kier alpha value is -1.20. The van der Waals surface area contributed by atoms with Gasteiger partial charge in [0.05, 0.1) is 0 Å². The number of piperidine rings is 1. The summed E-state index contributed by atoms with van der Waals surface area (Å²) in [5, 5.41) is 6.86. The number of nitrogens with zero attached hydrogens (tertiary/aromatic N) is 2. The first-order chi connectivity index (χ1) is 11.8. The highest BCUT2D eigenvalue weighted by Gasteiger charge is 2.17. The minimum absolute atomic E-state index is 0.868. The molecule has 1 saturated heterocycles. The van der Waals surface area contributed by atoms with Gasteiger partial charge in [0.1, 0.15) is 0 Å². The fourth-order valence-electron chi connectivity index (χ4n) is 3.06. The number of aliphatic imine (C=N–C) groups is 1. The summed E-state index contributed by atoms with van der Waals surface area (Å²) in [5.74, 6) is 2.84. The molecule has 1 heterocycles. The van der Waals surface area contributed by atoms with Gasteiger partial charge in [0.15, 0.2) is 5.96 Å². The van der Waals surface area contributed by atoms with Crippen molar-refractivity contribution < 1.29 is 0 Å². The fourth-order valence-corrected chi connectivity index (χ4v) is 3.85. The van der Waals surface area contributed by atoms with Crippen molar-refractivity contribution in [2.24, 2.45) is 10.9 Å². The lowest BCUT2D eigenvalue weighted by Gasteiger charge is -2.31. The molecule has 24 heavy (non-hydrogen) atoms. The minimum atomic E-state index is 0.868. The third-order valence-electron chi connectivity index (χ3n) is 4.63. The zero-order valence-electron chi connectivity index (χ0n) is 15.1. The molecule has 4 nitrogen and oxygen atoms in total. The van der Waals surface area contributed by atoms with Gasteiger partial charge >= 0.3 is 0 Å². The topological polar surface area (TPSA) is 39.7 Å². The number of benzene rings is 1. The van der Waals surface area contributed by atoms with Gasteiger partial charge in [-0.1, -0.05) is 25.1 Å². The molecule has 2 rings (SSSR count). The number of rotatable bonds is 8. The van der Waals surface area contributed by atoms with Gasteiger partial charge in [0, 0.05) is 30.8 Å². The van der Waals surface area contributed by atoms with Crippen LogP contribution in [0.5, 0.6) is 0 Å². The molecule has 0 aliphatic carbocycles. The molecular weight excluding hydrogens is 316 g/mol. The Bertz CT molecular complexity index is 470. The van der Waals surface area contributed by atoms with Crippen LogP contribution in [-0.2, 0) is 0 Å². The Morgan fingerprint density at radius 2 is 1.88 bits per heavy atom. The smallest absolute Gasteiger partial charge is 0.191 e. The third-order valence-corrected chi connectivity index (χ3v) is 5.64. The second-order valence-electron chi connectivity index (χ2n) is 6.25. The van der Waals surface area contributed by atoms with E-state index >= 15 is 0 Å². The van der Waals surface area contributed by atoms with E-state index in [0.717, 1.165) is 30.7 Å². The fraction of sp³-hybridized carbons (Fsp3) is 0.632. The van der Waals surface area contributed by atoms with Crippen LogP contribution in [0.3, 0.4) is 0 Å². The standard InChI is InChI=1S/C19H32N4S/c1-3-23-14-10-17(11-15-23)9-12-21-19(20-2)22-13-16-24-18-7-5-4-6-8-18/h4-8,17H,3,9-16H2,1-2H3,(H2,20,21,22). The lowest BCUT2D eigenvalue weighted by Crippen LogP contribution is -2.40. The van der Waals surface area contributed by atoms with Crippen LogP contribution < -0.4 is 10.6 Å². The quantitative estimate of drug-likeness (QED) is 0.328. The van der Waals surface area contributed by atoms with Crippen LogP contribution in [-0.4, -0.2) is 56.4 Å². The van der Waals surface area contributed by atoms with Crippen LogP contribution in [0.2, 0.25) is 0 Å². The molecule has 2 N–H and O–H groups in total. The zero-order chi connectivity index (χ0) is 17.0. The van der Waals surface area contributed by atoms with Crippen molar-refractivity contribution in [2.75, 3.05) is 45.5 Å². The Kier molecular flexibility index (Phi) is 9.06. The zero-order valence-corrected chi connectivity index (χ0v) is 15.9. The monoisotopic (exact) mass is 348 g/mol. The van der Waals surface area contributed by atoms with E-state index in [1.807, 2.05) is 18.8 Å². The van der Waals surface area contributed by atoms with Crippen LogP contribution in [0.4, 0.5) is 0 Å². The molecule has 0 radical (unpaired) electrons. The molecular formula is C19H32N4S. The SMILES string of the molecule is CCN1CCC(CCNC(=NC)NCCSc2ccccc2)CC1. The maximum Gasteiger partial charge on any atom is 0.191 e. The van der Waals surface area contributed by atoms with E-state index in [1.54, 1.807) is 0 Å². The van der Waals surface area contributed by atoms with Crippen molar-refractivity contribution in [2.45, 2.75) is 31.1 Å². The van der Waals surface area contributed by atoms with E-state index in [2.05, 4.69) is 57.8 Å². The maximum atomic E-state index is 4.32. The van der Waals surface area contributed by atoms with Gasteiger partial charge in [0.25, 0.3) is 0 Å². The maximum absolute atomic E-state index is 4.32. The predicted octanol–water partition coefficient (Wildman–Crippen LogP) is 3.07. The Morgan fingerprint density at radius 3 is 2.54 bits per heavy atom. The third kappa shape index (κ3) is 7.14. The van der Waals surface area contributed by atoms with E-state index in [1.165, 1.54) is 43.8 Å². The molecule has 5 heteroatoms. The average molecular weight is 349 g/mol. The molecule has 0 unspecified atom stereocenters. The van der Waals surface area contributed by atoms with E-state index in [0.29, 0.717) is 0 Å². The number of guanidine groups is 1. The van der Waals surface area contributed by atoms with Crippen LogP contribution in [0.15, 0.2) is 40.2 Å². The van der Waals surface area contributed by atoms with E-state index in [-0.39, 0.29) is 0 Å². The Balaban J connectivity index is 1.54. The lowest BCUT2D eigenvalue weighted by atomic mass is 9.93. The number of nitrogens with one attached hydrogen (secondary N) is 2. The van der Waals surface area contributed by atoms with Gasteiger partial charge in [0.2, 0.25) is 0 Å². The van der Waals surface area contributed by atoms with Gasteiger partial charge in [-0.25, -0.2) is 0 Å². The summed E-state index contributed by atoms with van der Waals surface area (Å²) in [6.45, 7) is 7.93. The number of likely N-dealkylation sites (tertiary alicyclic amines) is 1. The summed E-state index contributed by atoms with van der Waals surface area (Å²) in [5.41, 5.74) is 0. The largest absolute Gasteiger partial charge is 0.356 e. The summed E-state index contributed by atoms with van der Waals surface area (Å²) in [4.78, 5) is 8.19. The average Bonchev–Trinajstić information content (AvgIpc) is 2.65. The van der Waals surface area contributed by atoms with Crippen molar-refractivity contribution in [3.8, 4) is 0 Å². The Labute approximate surface area is 151 Å². The van der Waals surface area contributed by atoms with Crippen molar-refractivity contribution in [3.63, 3.8) is 0 Å². The van der Waals surface area contributed by atoms with Crippen LogP contribution >= 0.6 is 11.8 Å². The first-order valence-electron chi connectivity index (χ1n) is 9.16. The summed E-state index contributed by atoms with van der Waals surface area (Å²) in [7, 11) is 1.85. The first-order valence-corrected chi connectivity index (χ1v) is 10.1. The predicted molar refractivity (Wildman–Crippen MR) is 106 cm³/mol. The van der Waals surface area contributed by atoms with Crippen LogP contribution in [0.25, 0.3) is 0 Å². The molecule has 1 aliphatic rings. The van der Waals surface area contributed by atoms with Gasteiger partial charge in [-0.3, -0.25) is 4.99 Å². The summed E-state index contributed by atoms with van der Waals surface area (Å²) in [6, 6.07) is 10.5. The van der Waals surface area contributed by atoms with Gasteiger partial charge in [-0.05, 0) is 56.9 Å². The molecule has 0 saturated carbocycles. The summed E-state index contributed by atoms with van der Waals surface area (Å²) in [6.07, 6.45) is 3.93. The molecule has 134 valence electrons. The van der Waals surface area contributed by atoms with Crippen molar-refractivity contribution >= 4 is 17.7 Å². The van der Waals surface area contributed by atoms with Gasteiger partial charge < -0.3 is 15.5 Å². The van der Waals surface area contributed by atoms with Crippen LogP contribution in [0, 0.1) is 5.92 Å². The molecule has 1 fully saturated rings. The highest BCUT2D eigenvalue weighted by Crippen LogP contribution is 2.19. The van der Waals surface area contributed by atoms with E-state index < -0.39 is 0 Å². The van der Waals surface area contributed by atoms with E-state index in [4.69, 9.17) is 0 Å². The molecule has 0 amide bonds. The van der Waals surface area contributed by atoms with Crippen LogP contribution in [0.1, 0.15) is 26.2 Å². The van der Waals surface area contributed by atoms with Gasteiger partial charge in [-0.2, -0.15) is 0 Å². The van der Waals surface area contributed by atoms with Crippen molar-refractivity contribution in [1.82, 2.24) is 15.5 Å². The molecule has 1 aromatic carbocycles. The second kappa shape index (κ2) is 11.4. The molecule has 1 aromatic rings. The highest BCUT2D eigenvalue weighted by molar-refractivity contribution is 7.99. The van der Waals surface area contributed by atoms with E-state index in [9.17, 15) is 0 Å². The second-order valence-corrected chi connectivity index (χ2v) is 7.42. The molecule has 0 atom stereocenters. The molecule has 1 aliphatic heterocycles. The number of hydrogen-bond donors (Lipinski definition) is 2. The molecule has 0 aromatic heterocycles. The Morgan fingerprint density at radius 1 is 1.17 bits per heavy atom. The van der Waals surface area contributed by atoms with Crippen molar-refractivity contribution in [3.05, 3.63) is 30.3 Å². The minimum Gasteiger partial charge on any atom is -0.356 e. The molecule has 0 bridgehead atoms. The normalized spacial score (nSPS) is 17.0. The van der Waals surface area contributed by atoms with Gasteiger partial charge in [-0.15, -0.1) is 11.8 Å². The number of thioether (sulfide) groups is 1. The molecule has 0 spiro atoms.